The largest absolute Gasteiger partial charge is 0.480 e. The molecule has 6 N–H and O–H groups in total. The summed E-state index contributed by atoms with van der Waals surface area (Å²) in [6, 6.07) is -2.15. The fraction of sp³-hybridized carbons (Fsp3) is 0.600. The van der Waals surface area contributed by atoms with Crippen LogP contribution in [0.15, 0.2) is 0 Å². The Kier molecular flexibility index (Phi) is 8.32. The number of nitrogens with one attached hydrogen (secondary N) is 2. The van der Waals surface area contributed by atoms with Crippen LogP contribution in [0.2, 0.25) is 0 Å². The van der Waals surface area contributed by atoms with Crippen LogP contribution in [0, 0.1) is 0 Å². The number of nitrogens with two attached hydrogens (primary N) is 1. The fourth-order valence-electron chi connectivity index (χ4n) is 1.16. The molecule has 0 rings (SSSR count). The highest BCUT2D eigenvalue weighted by Crippen LogP contribution is 1.97. The first-order valence-corrected chi connectivity index (χ1v) is 6.29. The van der Waals surface area contributed by atoms with Gasteiger partial charge in [0.15, 0.2) is 0 Å². The van der Waals surface area contributed by atoms with Crippen LogP contribution in [0.4, 0.5) is 0 Å². The van der Waals surface area contributed by atoms with Crippen molar-refractivity contribution in [2.45, 2.75) is 24.9 Å². The van der Waals surface area contributed by atoms with Crippen molar-refractivity contribution in [3.63, 3.8) is 0 Å². The highest BCUT2D eigenvalue weighted by Gasteiger charge is 2.20. The number of rotatable bonds is 9. The highest BCUT2D eigenvalue weighted by molar-refractivity contribution is 7.80. The van der Waals surface area contributed by atoms with Gasteiger partial charge in [-0.05, 0) is 6.42 Å². The summed E-state index contributed by atoms with van der Waals surface area (Å²) in [6.07, 6.45) is -0.235. The van der Waals surface area contributed by atoms with E-state index in [0.717, 1.165) is 0 Å². The third kappa shape index (κ3) is 7.59. The summed E-state index contributed by atoms with van der Waals surface area (Å²) in [7, 11) is 0. The molecule has 0 unspecified atom stereocenters. The van der Waals surface area contributed by atoms with Crippen LogP contribution in [-0.2, 0) is 19.2 Å². The van der Waals surface area contributed by atoms with Gasteiger partial charge in [-0.15, -0.1) is 0 Å². The summed E-state index contributed by atoms with van der Waals surface area (Å²) in [5.74, 6) is -3.70. The zero-order valence-corrected chi connectivity index (χ0v) is 11.4. The summed E-state index contributed by atoms with van der Waals surface area (Å²) in [6.45, 7) is -0.567. The molecule has 2 amide bonds. The van der Waals surface area contributed by atoms with Crippen LogP contribution >= 0.6 is 12.6 Å². The normalized spacial score (nSPS) is 13.1. The maximum Gasteiger partial charge on any atom is 0.322 e. The molecule has 9 nitrogen and oxygen atoms in total. The average Bonchev–Trinajstić information content (AvgIpc) is 2.38. The number of hydrogen-bond donors (Lipinski definition) is 6. The Balaban J connectivity index is 4.21. The second-order valence-electron chi connectivity index (χ2n) is 3.90. The van der Waals surface area contributed by atoms with Crippen molar-refractivity contribution < 1.29 is 29.4 Å². The second-order valence-corrected chi connectivity index (χ2v) is 4.26. The maximum absolute atomic E-state index is 11.5. The molecule has 2 atom stereocenters. The van der Waals surface area contributed by atoms with Gasteiger partial charge in [-0.2, -0.15) is 12.6 Å². The highest BCUT2D eigenvalue weighted by atomic mass is 32.1. The van der Waals surface area contributed by atoms with Gasteiger partial charge in [0, 0.05) is 12.2 Å². The molecule has 0 aromatic heterocycles. The molecular weight excluding hydrogens is 292 g/mol. The van der Waals surface area contributed by atoms with Gasteiger partial charge < -0.3 is 26.6 Å². The third-order valence-corrected chi connectivity index (χ3v) is 2.61. The van der Waals surface area contributed by atoms with Crippen molar-refractivity contribution in [2.75, 3.05) is 12.3 Å². The number of carboxylic acid groups (broad SMARTS) is 2. The van der Waals surface area contributed by atoms with Gasteiger partial charge in [-0.3, -0.25) is 19.2 Å². The summed E-state index contributed by atoms with van der Waals surface area (Å²) in [5, 5.41) is 21.4. The molecule has 0 saturated heterocycles. The first-order valence-electron chi connectivity index (χ1n) is 5.66. The van der Waals surface area contributed by atoms with E-state index in [1.165, 1.54) is 0 Å². The Morgan fingerprint density at radius 2 is 1.80 bits per heavy atom. The first kappa shape index (κ1) is 18.2. The summed E-state index contributed by atoms with van der Waals surface area (Å²) >= 11 is 3.87. The van der Waals surface area contributed by atoms with E-state index >= 15 is 0 Å². The topological polar surface area (TPSA) is 159 Å². The number of aliphatic carboxylic acids is 2. The van der Waals surface area contributed by atoms with E-state index in [1.54, 1.807) is 0 Å². The smallest absolute Gasteiger partial charge is 0.322 e. The summed E-state index contributed by atoms with van der Waals surface area (Å²) < 4.78 is 0. The Bertz CT molecular complexity index is 389. The van der Waals surface area contributed by atoms with Crippen molar-refractivity contribution in [2.24, 2.45) is 5.73 Å². The van der Waals surface area contributed by atoms with E-state index in [-0.39, 0.29) is 18.6 Å². The molecule has 0 aliphatic rings. The molecule has 0 heterocycles. The van der Waals surface area contributed by atoms with Crippen LogP contribution in [0.25, 0.3) is 0 Å². The van der Waals surface area contributed by atoms with Gasteiger partial charge >= 0.3 is 11.9 Å². The Labute approximate surface area is 120 Å². The molecule has 0 aromatic carbocycles. The van der Waals surface area contributed by atoms with Gasteiger partial charge in [0.25, 0.3) is 0 Å². The molecule has 0 aliphatic carbocycles. The number of carboxylic acids is 2. The van der Waals surface area contributed by atoms with Crippen molar-refractivity contribution in [3.05, 3.63) is 0 Å². The van der Waals surface area contributed by atoms with Gasteiger partial charge in [-0.25, -0.2) is 0 Å². The van der Waals surface area contributed by atoms with Crippen molar-refractivity contribution in [3.8, 4) is 0 Å². The van der Waals surface area contributed by atoms with Crippen molar-refractivity contribution >= 4 is 36.4 Å². The van der Waals surface area contributed by atoms with Crippen LogP contribution in [0.1, 0.15) is 12.8 Å². The SMILES string of the molecule is N[C@@H](CCC(=O)N[C@@H](CS)C(=O)N[13CH2][13C](=O)O)C(=O)O. The zero-order chi connectivity index (χ0) is 15.7. The minimum absolute atomic E-state index is 0.0256. The molecule has 0 aromatic rings. The minimum Gasteiger partial charge on any atom is -0.480 e. The lowest BCUT2D eigenvalue weighted by atomic mass is 10.1. The molecule has 114 valence electrons. The van der Waals surface area contributed by atoms with E-state index < -0.39 is 42.4 Å². The quantitative estimate of drug-likeness (QED) is 0.208. The lowest BCUT2D eigenvalue weighted by Crippen LogP contribution is -2.49. The predicted octanol–water partition coefficient (Wildman–Crippen LogP) is -2.21. The Morgan fingerprint density at radius 1 is 1.20 bits per heavy atom. The van der Waals surface area contributed by atoms with Crippen LogP contribution in [0.3, 0.4) is 0 Å². The minimum atomic E-state index is -1.22. The monoisotopic (exact) mass is 309 g/mol. The number of hydrogen-bond acceptors (Lipinski definition) is 6. The van der Waals surface area contributed by atoms with E-state index in [0.29, 0.717) is 0 Å². The molecule has 0 fully saturated rings. The third-order valence-electron chi connectivity index (χ3n) is 2.25. The van der Waals surface area contributed by atoms with E-state index in [4.69, 9.17) is 15.9 Å². The lowest BCUT2D eigenvalue weighted by Gasteiger charge is -2.16. The first-order chi connectivity index (χ1) is 9.27. The molecule has 0 spiro atoms. The van der Waals surface area contributed by atoms with E-state index in [2.05, 4.69) is 23.3 Å². The zero-order valence-electron chi connectivity index (χ0n) is 10.5. The Hall–Kier alpha value is -1.81. The van der Waals surface area contributed by atoms with Crippen molar-refractivity contribution in [1.82, 2.24) is 10.6 Å². The number of carbonyl (C=O) groups is 4. The van der Waals surface area contributed by atoms with Gasteiger partial charge in [0.2, 0.25) is 11.8 Å². The predicted molar refractivity (Wildman–Crippen MR) is 71.3 cm³/mol. The average molecular weight is 309 g/mol. The van der Waals surface area contributed by atoms with Crippen LogP contribution in [-0.4, -0.2) is 58.3 Å². The van der Waals surface area contributed by atoms with E-state index in [9.17, 15) is 19.2 Å². The maximum atomic E-state index is 11.5. The van der Waals surface area contributed by atoms with Gasteiger partial charge in [0.05, 0.1) is 0 Å². The van der Waals surface area contributed by atoms with Gasteiger partial charge in [-0.1, -0.05) is 0 Å². The lowest BCUT2D eigenvalue weighted by molar-refractivity contribution is -0.139. The number of carbonyl (C=O) groups excluding carboxylic acids is 2. The molecule has 0 radical (unpaired) electrons. The molecule has 0 bridgehead atoms. The summed E-state index contributed by atoms with van der Waals surface area (Å²) in [4.78, 5) is 43.7. The molecule has 0 saturated carbocycles. The van der Waals surface area contributed by atoms with E-state index in [1.807, 2.05) is 0 Å². The van der Waals surface area contributed by atoms with Gasteiger partial charge in [0.1, 0.15) is 18.6 Å². The van der Waals surface area contributed by atoms with Crippen LogP contribution < -0.4 is 16.4 Å². The molecule has 0 aliphatic heterocycles. The molecular formula is C10H17N3O6S. The summed E-state index contributed by atoms with van der Waals surface area (Å²) in [5.41, 5.74) is 5.23. The Morgan fingerprint density at radius 3 is 2.25 bits per heavy atom. The molecule has 10 heteroatoms. The van der Waals surface area contributed by atoms with Crippen LogP contribution in [0.5, 0.6) is 0 Å². The second kappa shape index (κ2) is 9.15. The van der Waals surface area contributed by atoms with Crippen molar-refractivity contribution in [1.29, 1.82) is 0 Å². The fourth-order valence-corrected chi connectivity index (χ4v) is 1.41. The number of amides is 2. The standard InChI is InChI=1S/C10H17N3O6S/c11-5(10(18)19)1-2-7(14)13-6(4-20)9(17)12-3-8(15)16/h5-6,20H,1-4,11H2,(H,12,17)(H,13,14)(H,15,16)(H,18,19)/t5-,6-/m0/s1/i3+1,8+1. The molecule has 20 heavy (non-hydrogen) atoms. The number of thiol groups is 1.